The number of nitrogens with one attached hydrogen (secondary N) is 1. The number of nitrogens with zero attached hydrogens (tertiary/aromatic N) is 3. The van der Waals surface area contributed by atoms with Gasteiger partial charge in [0.25, 0.3) is 0 Å². The molecule has 1 N–H and O–H groups in total. The first-order chi connectivity index (χ1) is 12.7. The Labute approximate surface area is 164 Å². The van der Waals surface area contributed by atoms with Crippen molar-refractivity contribution in [2.75, 3.05) is 44.4 Å². The number of hydrogen-bond acceptors (Lipinski definition) is 6. The largest absolute Gasteiger partial charge is 0.311 e. The van der Waals surface area contributed by atoms with Crippen LogP contribution >= 0.6 is 11.3 Å². The highest BCUT2D eigenvalue weighted by Crippen LogP contribution is 2.32. The third kappa shape index (κ3) is 5.13. The minimum absolute atomic E-state index is 0.0212. The summed E-state index contributed by atoms with van der Waals surface area (Å²) in [6.07, 6.45) is 1.96. The number of benzene rings is 1. The Kier molecular flexibility index (Phi) is 5.95. The molecule has 0 unspecified atom stereocenters. The van der Waals surface area contributed by atoms with Gasteiger partial charge in [0.05, 0.1) is 23.5 Å². The van der Waals surface area contributed by atoms with Crippen molar-refractivity contribution in [2.24, 2.45) is 0 Å². The summed E-state index contributed by atoms with van der Waals surface area (Å²) in [5.41, 5.74) is 4.17. The lowest BCUT2D eigenvalue weighted by atomic mass is 10.1. The molecule has 1 aromatic carbocycles. The van der Waals surface area contributed by atoms with Crippen molar-refractivity contribution in [3.63, 3.8) is 0 Å². The van der Waals surface area contributed by atoms with Crippen molar-refractivity contribution in [3.05, 3.63) is 34.2 Å². The zero-order chi connectivity index (χ0) is 19.6. The van der Waals surface area contributed by atoms with E-state index >= 15 is 0 Å². The number of rotatable bonds is 7. The van der Waals surface area contributed by atoms with Crippen LogP contribution in [0, 0.1) is 6.92 Å². The van der Waals surface area contributed by atoms with Gasteiger partial charge in [0.1, 0.15) is 0 Å². The highest BCUT2D eigenvalue weighted by molar-refractivity contribution is 7.88. The van der Waals surface area contributed by atoms with Gasteiger partial charge in [-0.25, -0.2) is 18.1 Å². The van der Waals surface area contributed by atoms with E-state index in [9.17, 15) is 13.2 Å². The molecule has 1 aromatic heterocycles. The molecule has 0 atom stereocenters. The first kappa shape index (κ1) is 19.9. The molecule has 1 amide bonds. The van der Waals surface area contributed by atoms with Gasteiger partial charge in [0.15, 0.2) is 0 Å². The van der Waals surface area contributed by atoms with Gasteiger partial charge >= 0.3 is 0 Å². The van der Waals surface area contributed by atoms with Gasteiger partial charge in [0, 0.05) is 36.3 Å². The molecule has 9 heteroatoms. The van der Waals surface area contributed by atoms with E-state index in [1.807, 2.05) is 35.9 Å². The minimum atomic E-state index is -3.21. The van der Waals surface area contributed by atoms with Crippen LogP contribution in [0.5, 0.6) is 0 Å². The summed E-state index contributed by atoms with van der Waals surface area (Å²) in [5, 5.41) is 3.09. The van der Waals surface area contributed by atoms with Crippen LogP contribution in [-0.2, 0) is 21.2 Å². The molecule has 27 heavy (non-hydrogen) atoms. The molecule has 3 rings (SSSR count). The summed E-state index contributed by atoms with van der Waals surface area (Å²) in [7, 11) is -1.39. The normalized spacial score (nSPS) is 14.0. The molecule has 2 heterocycles. The molecule has 0 saturated carbocycles. The Hall–Kier alpha value is -1.81. The van der Waals surface area contributed by atoms with E-state index in [-0.39, 0.29) is 19.0 Å². The fraction of sp³-hybridized carbons (Fsp3) is 0.444. The molecule has 2 aromatic rings. The second kappa shape index (κ2) is 8.05. The SMILES string of the molecule is Cc1nc(-c2ccc3c(c2)CCN3C(=O)CN(C)CCNS(C)(=O)=O)cs1. The second-order valence-electron chi connectivity index (χ2n) is 6.79. The number of carbonyl (C=O) groups excluding carboxylic acids is 1. The van der Waals surface area contributed by atoms with Gasteiger partial charge in [-0.3, -0.25) is 9.69 Å². The van der Waals surface area contributed by atoms with Crippen molar-refractivity contribution in [2.45, 2.75) is 13.3 Å². The van der Waals surface area contributed by atoms with E-state index in [2.05, 4.69) is 21.2 Å². The lowest BCUT2D eigenvalue weighted by Crippen LogP contribution is -2.40. The first-order valence-electron chi connectivity index (χ1n) is 8.72. The fourth-order valence-corrected chi connectivity index (χ4v) is 4.22. The van der Waals surface area contributed by atoms with Gasteiger partial charge in [-0.1, -0.05) is 6.07 Å². The zero-order valence-corrected chi connectivity index (χ0v) is 17.4. The van der Waals surface area contributed by atoms with Crippen LogP contribution in [0.2, 0.25) is 0 Å². The van der Waals surface area contributed by atoms with Gasteiger partial charge in [-0.15, -0.1) is 11.3 Å². The average molecular weight is 409 g/mol. The number of anilines is 1. The van der Waals surface area contributed by atoms with Crippen molar-refractivity contribution >= 4 is 33.0 Å². The van der Waals surface area contributed by atoms with Crippen LogP contribution in [0.1, 0.15) is 10.6 Å². The summed E-state index contributed by atoms with van der Waals surface area (Å²) in [4.78, 5) is 20.8. The number of fused-ring (bicyclic) bond motifs is 1. The Morgan fingerprint density at radius 3 is 2.85 bits per heavy atom. The number of thiazole rings is 1. The smallest absolute Gasteiger partial charge is 0.241 e. The zero-order valence-electron chi connectivity index (χ0n) is 15.7. The Morgan fingerprint density at radius 1 is 1.41 bits per heavy atom. The van der Waals surface area contributed by atoms with E-state index in [4.69, 9.17) is 0 Å². The number of hydrogen-bond donors (Lipinski definition) is 1. The summed E-state index contributed by atoms with van der Waals surface area (Å²) in [6, 6.07) is 6.13. The monoisotopic (exact) mass is 408 g/mol. The van der Waals surface area contributed by atoms with Crippen molar-refractivity contribution in [1.82, 2.24) is 14.6 Å². The minimum Gasteiger partial charge on any atom is -0.311 e. The third-order valence-corrected chi connectivity index (χ3v) is 5.96. The summed E-state index contributed by atoms with van der Waals surface area (Å²) in [6.45, 7) is 3.67. The van der Waals surface area contributed by atoms with Crippen molar-refractivity contribution < 1.29 is 13.2 Å². The second-order valence-corrected chi connectivity index (χ2v) is 9.69. The summed E-state index contributed by atoms with van der Waals surface area (Å²) in [5.74, 6) is 0.0212. The van der Waals surface area contributed by atoms with Crippen LogP contribution < -0.4 is 9.62 Å². The third-order valence-electron chi connectivity index (χ3n) is 4.45. The number of aryl methyl sites for hydroxylation is 1. The highest BCUT2D eigenvalue weighted by atomic mass is 32.2. The highest BCUT2D eigenvalue weighted by Gasteiger charge is 2.25. The predicted octanol–water partition coefficient (Wildman–Crippen LogP) is 1.49. The maximum atomic E-state index is 12.7. The number of likely N-dealkylation sites (N-methyl/N-ethyl adjacent to an activating group) is 1. The molecule has 0 saturated heterocycles. The molecule has 7 nitrogen and oxygen atoms in total. The predicted molar refractivity (Wildman–Crippen MR) is 109 cm³/mol. The van der Waals surface area contributed by atoms with Gasteiger partial charge < -0.3 is 4.90 Å². The lowest BCUT2D eigenvalue weighted by molar-refractivity contribution is -0.119. The lowest BCUT2D eigenvalue weighted by Gasteiger charge is -2.22. The number of aromatic nitrogens is 1. The molecule has 0 spiro atoms. The van der Waals surface area contributed by atoms with E-state index in [1.54, 1.807) is 11.3 Å². The molecule has 0 aliphatic carbocycles. The van der Waals surface area contributed by atoms with Crippen LogP contribution in [0.25, 0.3) is 11.3 Å². The standard InChI is InChI=1S/C18H24N4O3S2/c1-13-20-16(12-26-13)14-4-5-17-15(10-14)6-8-22(17)18(23)11-21(2)9-7-19-27(3,24)25/h4-5,10,12,19H,6-9,11H2,1-3H3. The first-order valence-corrected chi connectivity index (χ1v) is 11.5. The average Bonchev–Trinajstić information content (AvgIpc) is 3.19. The topological polar surface area (TPSA) is 82.6 Å². The van der Waals surface area contributed by atoms with Gasteiger partial charge in [-0.05, 0) is 38.1 Å². The quantitative estimate of drug-likeness (QED) is 0.751. The summed E-state index contributed by atoms with van der Waals surface area (Å²) >= 11 is 1.63. The molecule has 1 aliphatic heterocycles. The Bertz CT molecular complexity index is 940. The van der Waals surface area contributed by atoms with Gasteiger partial charge in [0.2, 0.25) is 15.9 Å². The van der Waals surface area contributed by atoms with E-state index < -0.39 is 10.0 Å². The Morgan fingerprint density at radius 2 is 2.19 bits per heavy atom. The van der Waals surface area contributed by atoms with Gasteiger partial charge in [-0.2, -0.15) is 0 Å². The van der Waals surface area contributed by atoms with E-state index in [0.29, 0.717) is 13.1 Å². The number of sulfonamides is 1. The molecule has 146 valence electrons. The molecular formula is C18H24N4O3S2. The number of carbonyl (C=O) groups is 1. The number of amides is 1. The van der Waals surface area contributed by atoms with Crippen LogP contribution in [0.3, 0.4) is 0 Å². The molecule has 1 aliphatic rings. The molecule has 0 fully saturated rings. The van der Waals surface area contributed by atoms with E-state index in [1.165, 1.54) is 0 Å². The Balaban J connectivity index is 1.62. The maximum Gasteiger partial charge on any atom is 0.241 e. The molecular weight excluding hydrogens is 384 g/mol. The maximum absolute atomic E-state index is 12.7. The van der Waals surface area contributed by atoms with Crippen LogP contribution in [0.4, 0.5) is 5.69 Å². The van der Waals surface area contributed by atoms with Crippen LogP contribution in [0.15, 0.2) is 23.6 Å². The van der Waals surface area contributed by atoms with E-state index in [0.717, 1.165) is 40.2 Å². The molecule has 0 bridgehead atoms. The fourth-order valence-electron chi connectivity index (χ4n) is 3.13. The van der Waals surface area contributed by atoms with Crippen molar-refractivity contribution in [3.8, 4) is 11.3 Å². The van der Waals surface area contributed by atoms with Crippen LogP contribution in [-0.4, -0.2) is 63.7 Å². The summed E-state index contributed by atoms with van der Waals surface area (Å²) < 4.78 is 24.6. The van der Waals surface area contributed by atoms with Crippen molar-refractivity contribution in [1.29, 1.82) is 0 Å². The molecule has 0 radical (unpaired) electrons.